The molecule has 0 bridgehead atoms. The molecule has 1 aliphatic rings. The maximum atomic E-state index is 12.9. The molecule has 1 fully saturated rings. The van der Waals surface area contributed by atoms with Crippen LogP contribution >= 0.6 is 0 Å². The number of amides is 1. The van der Waals surface area contributed by atoms with E-state index in [1.165, 1.54) is 17.9 Å². The van der Waals surface area contributed by atoms with Crippen LogP contribution < -0.4 is 15.8 Å². The standard InChI is InChI=1S/C22H27N7O4/c1-14-15(2)29-17-18(24(3)22(32)25(4)20(17)31)23-21(29)28(14)12-9-26-7-10-27(11-8-26)19(30)16-6-5-13-33-16/h5-6,13H,7-12H2,1-4H3/p+1. The number of fused-ring (bicyclic) bond motifs is 3. The minimum absolute atomic E-state index is 0.0695. The predicted octanol–water partition coefficient (Wildman–Crippen LogP) is -0.227. The fourth-order valence-corrected chi connectivity index (χ4v) is 4.72. The molecule has 4 aromatic heterocycles. The van der Waals surface area contributed by atoms with Crippen LogP contribution in [0.25, 0.3) is 16.9 Å². The third kappa shape index (κ3) is 3.22. The van der Waals surface area contributed by atoms with E-state index < -0.39 is 0 Å². The zero-order valence-electron chi connectivity index (χ0n) is 19.3. The van der Waals surface area contributed by atoms with Crippen molar-refractivity contribution in [1.82, 2.24) is 28.3 Å². The first-order valence-corrected chi connectivity index (χ1v) is 11.0. The lowest BCUT2D eigenvalue weighted by Gasteiger charge is -2.34. The Bertz CT molecular complexity index is 1480. The molecule has 0 aromatic carbocycles. The van der Waals surface area contributed by atoms with Crippen molar-refractivity contribution in [2.24, 2.45) is 14.1 Å². The van der Waals surface area contributed by atoms with E-state index in [0.717, 1.165) is 47.9 Å². The second-order valence-corrected chi connectivity index (χ2v) is 8.62. The molecule has 0 aliphatic carbocycles. The van der Waals surface area contributed by atoms with Crippen LogP contribution in [-0.4, -0.2) is 66.9 Å². The van der Waals surface area contributed by atoms with Crippen molar-refractivity contribution in [2.45, 2.75) is 20.4 Å². The number of rotatable bonds is 4. The number of hydrogen-bond donors (Lipinski definition) is 1. The van der Waals surface area contributed by atoms with E-state index in [1.54, 1.807) is 19.2 Å². The number of carbonyl (C=O) groups excluding carboxylic acids is 1. The summed E-state index contributed by atoms with van der Waals surface area (Å²) in [6, 6.07) is 3.42. The molecular formula is C22H28N7O4+. The lowest BCUT2D eigenvalue weighted by Crippen LogP contribution is -2.51. The van der Waals surface area contributed by atoms with Crippen molar-refractivity contribution in [3.63, 3.8) is 0 Å². The lowest BCUT2D eigenvalue weighted by atomic mass is 10.3. The monoisotopic (exact) mass is 454 g/mol. The van der Waals surface area contributed by atoms with Gasteiger partial charge >= 0.3 is 11.5 Å². The summed E-state index contributed by atoms with van der Waals surface area (Å²) in [5.41, 5.74) is 2.33. The molecule has 0 atom stereocenters. The van der Waals surface area contributed by atoms with Gasteiger partial charge in [-0.2, -0.15) is 4.40 Å². The number of aromatic nitrogens is 5. The summed E-state index contributed by atoms with van der Waals surface area (Å²) in [5.74, 6) is 1.09. The van der Waals surface area contributed by atoms with Gasteiger partial charge in [0.2, 0.25) is 11.2 Å². The normalized spacial score (nSPS) is 15.2. The first-order valence-electron chi connectivity index (χ1n) is 11.0. The Morgan fingerprint density at radius 3 is 2.52 bits per heavy atom. The smallest absolute Gasteiger partial charge is 0.369 e. The topological polar surface area (TPSA) is 105 Å². The molecule has 174 valence electrons. The van der Waals surface area contributed by atoms with Crippen molar-refractivity contribution in [3.8, 4) is 0 Å². The summed E-state index contributed by atoms with van der Waals surface area (Å²) in [6.07, 6.45) is 1.52. The summed E-state index contributed by atoms with van der Waals surface area (Å²) in [5, 5.41) is 0. The number of furan rings is 1. The maximum absolute atomic E-state index is 12.9. The first kappa shape index (κ1) is 21.3. The van der Waals surface area contributed by atoms with Gasteiger partial charge in [0.05, 0.1) is 12.8 Å². The zero-order chi connectivity index (χ0) is 23.4. The van der Waals surface area contributed by atoms with Gasteiger partial charge in [0, 0.05) is 46.8 Å². The van der Waals surface area contributed by atoms with Crippen LogP contribution in [0.3, 0.4) is 0 Å². The van der Waals surface area contributed by atoms with E-state index in [9.17, 15) is 14.4 Å². The molecule has 11 heteroatoms. The van der Waals surface area contributed by atoms with Gasteiger partial charge < -0.3 is 9.32 Å². The van der Waals surface area contributed by atoms with Crippen LogP contribution in [0.5, 0.6) is 0 Å². The Labute approximate surface area is 189 Å². The Morgan fingerprint density at radius 2 is 1.85 bits per heavy atom. The van der Waals surface area contributed by atoms with E-state index in [1.807, 2.05) is 23.1 Å². The van der Waals surface area contributed by atoms with E-state index in [0.29, 0.717) is 30.0 Å². The second kappa shape index (κ2) is 7.77. The van der Waals surface area contributed by atoms with Crippen molar-refractivity contribution >= 4 is 22.8 Å². The average molecular weight is 455 g/mol. The predicted molar refractivity (Wildman–Crippen MR) is 120 cm³/mol. The summed E-state index contributed by atoms with van der Waals surface area (Å²) in [6.45, 7) is 8.41. The fraction of sp³-hybridized carbons (Fsp3) is 0.455. The van der Waals surface area contributed by atoms with Gasteiger partial charge in [-0.3, -0.25) is 23.6 Å². The van der Waals surface area contributed by atoms with Gasteiger partial charge in [-0.1, -0.05) is 0 Å². The molecule has 4 aromatic rings. The largest absolute Gasteiger partial charge is 0.459 e. The number of piperazine rings is 1. The van der Waals surface area contributed by atoms with Gasteiger partial charge in [-0.15, -0.1) is 0 Å². The highest BCUT2D eigenvalue weighted by Gasteiger charge is 2.29. The quantitative estimate of drug-likeness (QED) is 0.429. The fourth-order valence-electron chi connectivity index (χ4n) is 4.72. The van der Waals surface area contributed by atoms with Gasteiger partial charge in [-0.05, 0) is 26.0 Å². The average Bonchev–Trinajstić information content (AvgIpc) is 3.54. The highest BCUT2D eigenvalue weighted by molar-refractivity contribution is 5.91. The van der Waals surface area contributed by atoms with Crippen LogP contribution in [-0.2, 0) is 20.6 Å². The van der Waals surface area contributed by atoms with Gasteiger partial charge in [-0.25, -0.2) is 14.3 Å². The van der Waals surface area contributed by atoms with Crippen LogP contribution in [0.2, 0.25) is 0 Å². The van der Waals surface area contributed by atoms with Crippen molar-refractivity contribution in [2.75, 3.05) is 32.7 Å². The Balaban J connectivity index is 1.38. The third-order valence-corrected chi connectivity index (χ3v) is 6.86. The molecule has 5 rings (SSSR count). The minimum atomic E-state index is -0.361. The maximum Gasteiger partial charge on any atom is 0.369 e. The first-order chi connectivity index (χ1) is 15.8. The number of hydrogen-bond acceptors (Lipinski definition) is 5. The number of H-pyrrole nitrogens is 1. The molecule has 33 heavy (non-hydrogen) atoms. The summed E-state index contributed by atoms with van der Waals surface area (Å²) < 4.78 is 11.9. The zero-order valence-corrected chi connectivity index (χ0v) is 19.3. The molecule has 0 radical (unpaired) electrons. The molecule has 11 nitrogen and oxygen atoms in total. The summed E-state index contributed by atoms with van der Waals surface area (Å²) in [4.78, 5) is 45.2. The Kier molecular flexibility index (Phi) is 5.00. The highest BCUT2D eigenvalue weighted by Crippen LogP contribution is 2.16. The van der Waals surface area contributed by atoms with E-state index in [4.69, 9.17) is 4.42 Å². The van der Waals surface area contributed by atoms with Gasteiger partial charge in [0.1, 0.15) is 11.4 Å². The molecule has 1 amide bonds. The molecule has 1 N–H and O–H groups in total. The van der Waals surface area contributed by atoms with Crippen LogP contribution in [0.1, 0.15) is 21.9 Å². The van der Waals surface area contributed by atoms with Crippen molar-refractivity contribution < 1.29 is 13.8 Å². The molecule has 0 saturated carbocycles. The second-order valence-electron chi connectivity index (χ2n) is 8.62. The van der Waals surface area contributed by atoms with E-state index in [2.05, 4.69) is 14.5 Å². The molecule has 1 saturated heterocycles. The van der Waals surface area contributed by atoms with Crippen LogP contribution in [0.15, 0.2) is 32.4 Å². The minimum Gasteiger partial charge on any atom is -0.459 e. The van der Waals surface area contributed by atoms with Crippen molar-refractivity contribution in [1.29, 1.82) is 0 Å². The molecular weight excluding hydrogens is 426 g/mol. The Hall–Kier alpha value is -3.60. The number of imidazole rings is 2. The number of aryl methyl sites for hydroxylation is 2. The third-order valence-electron chi connectivity index (χ3n) is 6.86. The molecule has 0 spiro atoms. The molecule has 0 unspecified atom stereocenters. The highest BCUT2D eigenvalue weighted by atomic mass is 16.3. The Morgan fingerprint density at radius 1 is 1.12 bits per heavy atom. The number of aromatic amines is 1. The van der Waals surface area contributed by atoms with Gasteiger partial charge in [0.15, 0.2) is 5.76 Å². The number of nitrogens with one attached hydrogen (secondary N) is 1. The van der Waals surface area contributed by atoms with Crippen LogP contribution in [0, 0.1) is 13.8 Å². The van der Waals surface area contributed by atoms with Gasteiger partial charge in [0.25, 0.3) is 11.5 Å². The number of nitrogens with zero attached hydrogens (tertiary/aromatic N) is 6. The van der Waals surface area contributed by atoms with Crippen molar-refractivity contribution in [3.05, 3.63) is 56.4 Å². The van der Waals surface area contributed by atoms with E-state index in [-0.39, 0.29) is 17.2 Å². The summed E-state index contributed by atoms with van der Waals surface area (Å²) in [7, 11) is 3.16. The number of carbonyl (C=O) groups is 1. The lowest BCUT2D eigenvalue weighted by molar-refractivity contribution is -0.678. The molecule has 1 aliphatic heterocycles. The molecule has 5 heterocycles. The van der Waals surface area contributed by atoms with Crippen LogP contribution in [0.4, 0.5) is 0 Å². The summed E-state index contributed by atoms with van der Waals surface area (Å²) >= 11 is 0. The SMILES string of the molecule is Cc1c(C)[n+](CCN2CCN(C(=O)c3ccco3)CC2)c2[nH]c3c(c(=O)n(C)c(=O)n3C)n12. The van der Waals surface area contributed by atoms with E-state index >= 15 is 0 Å².